The van der Waals surface area contributed by atoms with Crippen molar-refractivity contribution in [3.63, 3.8) is 0 Å². The molecule has 0 bridgehead atoms. The standard InChI is InChI=1S/C28H52N2O5/c1-5-6-7-8-9-10-11-12-13-14-15-16-17-18-26(32)29-25(21-22(2)3)27(33)30-24-19-20-34-28(24)35-23(4)31/h22,24-25,28H,5-21H2,1-4H3,(H,29,32)(H,30,33)/t24-,25?,28-/m0/s1. The van der Waals surface area contributed by atoms with Crippen molar-refractivity contribution in [3.05, 3.63) is 0 Å². The molecule has 2 N–H and O–H groups in total. The van der Waals surface area contributed by atoms with Crippen molar-refractivity contribution in [2.45, 2.75) is 149 Å². The Bertz CT molecular complexity index is 596. The molecule has 0 aliphatic carbocycles. The molecular weight excluding hydrogens is 444 g/mol. The van der Waals surface area contributed by atoms with Gasteiger partial charge in [0.1, 0.15) is 6.04 Å². The zero-order chi connectivity index (χ0) is 25.9. The summed E-state index contributed by atoms with van der Waals surface area (Å²) in [7, 11) is 0. The van der Waals surface area contributed by atoms with Gasteiger partial charge >= 0.3 is 5.97 Å². The molecule has 0 spiro atoms. The Morgan fingerprint density at radius 1 is 0.886 bits per heavy atom. The van der Waals surface area contributed by atoms with Crippen LogP contribution in [0.2, 0.25) is 0 Å². The Morgan fingerprint density at radius 2 is 1.43 bits per heavy atom. The van der Waals surface area contributed by atoms with Gasteiger partial charge in [0.2, 0.25) is 18.1 Å². The normalized spacial score (nSPS) is 18.4. The molecule has 1 unspecified atom stereocenters. The third-order valence-electron chi connectivity index (χ3n) is 6.52. The fourth-order valence-electron chi connectivity index (χ4n) is 4.54. The molecule has 7 nitrogen and oxygen atoms in total. The van der Waals surface area contributed by atoms with Crippen LogP contribution < -0.4 is 10.6 Å². The van der Waals surface area contributed by atoms with Crippen molar-refractivity contribution < 1.29 is 23.9 Å². The summed E-state index contributed by atoms with van der Waals surface area (Å²) in [6.45, 7) is 8.05. The quantitative estimate of drug-likeness (QED) is 0.164. The first kappa shape index (κ1) is 31.4. The number of carbonyl (C=O) groups is 3. The summed E-state index contributed by atoms with van der Waals surface area (Å²) >= 11 is 0. The largest absolute Gasteiger partial charge is 0.434 e. The van der Waals surface area contributed by atoms with Gasteiger partial charge in [-0.2, -0.15) is 0 Å². The molecule has 0 aromatic heterocycles. The topological polar surface area (TPSA) is 93.7 Å². The number of hydrogen-bond acceptors (Lipinski definition) is 5. The summed E-state index contributed by atoms with van der Waals surface area (Å²) in [4.78, 5) is 36.6. The van der Waals surface area contributed by atoms with E-state index in [-0.39, 0.29) is 23.8 Å². The highest BCUT2D eigenvalue weighted by atomic mass is 16.7. The third-order valence-corrected chi connectivity index (χ3v) is 6.52. The number of ether oxygens (including phenoxy) is 2. The van der Waals surface area contributed by atoms with Crippen LogP contribution >= 0.6 is 0 Å². The fraction of sp³-hybridized carbons (Fsp3) is 0.893. The highest BCUT2D eigenvalue weighted by Crippen LogP contribution is 2.17. The number of nitrogens with one attached hydrogen (secondary N) is 2. The lowest BCUT2D eigenvalue weighted by molar-refractivity contribution is -0.170. The van der Waals surface area contributed by atoms with Gasteiger partial charge in [0.25, 0.3) is 0 Å². The molecule has 0 saturated carbocycles. The van der Waals surface area contributed by atoms with E-state index in [2.05, 4.69) is 17.6 Å². The molecule has 204 valence electrons. The minimum atomic E-state index is -0.766. The smallest absolute Gasteiger partial charge is 0.305 e. The van der Waals surface area contributed by atoms with E-state index in [4.69, 9.17) is 9.47 Å². The molecule has 2 amide bonds. The van der Waals surface area contributed by atoms with Crippen LogP contribution in [0.4, 0.5) is 0 Å². The number of unbranched alkanes of at least 4 members (excludes halogenated alkanes) is 12. The van der Waals surface area contributed by atoms with Crippen molar-refractivity contribution in [2.75, 3.05) is 6.61 Å². The van der Waals surface area contributed by atoms with Crippen molar-refractivity contribution in [2.24, 2.45) is 5.92 Å². The van der Waals surface area contributed by atoms with Gasteiger partial charge in [0.15, 0.2) is 0 Å². The van der Waals surface area contributed by atoms with Gasteiger partial charge in [0, 0.05) is 13.3 Å². The Hall–Kier alpha value is -1.63. The van der Waals surface area contributed by atoms with Gasteiger partial charge in [-0.3, -0.25) is 14.4 Å². The van der Waals surface area contributed by atoms with E-state index in [1.807, 2.05) is 13.8 Å². The van der Waals surface area contributed by atoms with E-state index in [1.165, 1.54) is 77.6 Å². The monoisotopic (exact) mass is 496 g/mol. The number of esters is 1. The molecule has 0 aromatic carbocycles. The van der Waals surface area contributed by atoms with Gasteiger partial charge in [-0.1, -0.05) is 97.8 Å². The van der Waals surface area contributed by atoms with Crippen molar-refractivity contribution in [1.82, 2.24) is 10.6 Å². The minimum Gasteiger partial charge on any atom is -0.434 e. The third kappa shape index (κ3) is 15.9. The van der Waals surface area contributed by atoms with Crippen LogP contribution in [0, 0.1) is 5.92 Å². The van der Waals surface area contributed by atoms with Crippen molar-refractivity contribution in [1.29, 1.82) is 0 Å². The Labute approximate surface area is 213 Å². The first-order valence-corrected chi connectivity index (χ1v) is 14.2. The minimum absolute atomic E-state index is 0.0759. The highest BCUT2D eigenvalue weighted by molar-refractivity contribution is 5.87. The SMILES string of the molecule is CCCCCCCCCCCCCCCC(=O)NC(CC(C)C)C(=O)N[C@H]1CCO[C@H]1OC(C)=O. The number of amides is 2. The lowest BCUT2D eigenvalue weighted by Crippen LogP contribution is -2.52. The molecule has 3 atom stereocenters. The van der Waals surface area contributed by atoms with Crippen LogP contribution in [-0.4, -0.2) is 42.8 Å². The average molecular weight is 497 g/mol. The van der Waals surface area contributed by atoms with Gasteiger partial charge < -0.3 is 20.1 Å². The molecule has 1 aliphatic rings. The number of rotatable bonds is 20. The second kappa shape index (κ2) is 19.5. The molecule has 1 heterocycles. The lowest BCUT2D eigenvalue weighted by atomic mass is 10.0. The molecule has 0 aromatic rings. The van der Waals surface area contributed by atoms with E-state index < -0.39 is 18.3 Å². The van der Waals surface area contributed by atoms with Crippen LogP contribution in [0.25, 0.3) is 0 Å². The predicted molar refractivity (Wildman–Crippen MR) is 140 cm³/mol. The van der Waals surface area contributed by atoms with E-state index in [1.54, 1.807) is 0 Å². The fourth-order valence-corrected chi connectivity index (χ4v) is 4.54. The van der Waals surface area contributed by atoms with Crippen LogP contribution in [0.1, 0.15) is 130 Å². The zero-order valence-electron chi connectivity index (χ0n) is 22.9. The molecule has 1 saturated heterocycles. The van der Waals surface area contributed by atoms with Crippen LogP contribution in [-0.2, 0) is 23.9 Å². The summed E-state index contributed by atoms with van der Waals surface area (Å²) in [5.74, 6) is -0.509. The molecule has 7 heteroatoms. The predicted octanol–water partition coefficient (Wildman–Crippen LogP) is 5.79. The summed E-state index contributed by atoms with van der Waals surface area (Å²) < 4.78 is 10.5. The summed E-state index contributed by atoms with van der Waals surface area (Å²) in [6, 6.07) is -0.984. The summed E-state index contributed by atoms with van der Waals surface area (Å²) in [6.07, 6.45) is 17.3. The highest BCUT2D eigenvalue weighted by Gasteiger charge is 2.34. The Balaban J connectivity index is 2.21. The molecular formula is C28H52N2O5. The van der Waals surface area contributed by atoms with E-state index in [9.17, 15) is 14.4 Å². The Morgan fingerprint density at radius 3 is 1.94 bits per heavy atom. The van der Waals surface area contributed by atoms with E-state index in [0.717, 1.165) is 12.8 Å². The van der Waals surface area contributed by atoms with Gasteiger partial charge in [0.05, 0.1) is 12.6 Å². The molecule has 35 heavy (non-hydrogen) atoms. The first-order chi connectivity index (χ1) is 16.8. The van der Waals surface area contributed by atoms with Crippen molar-refractivity contribution >= 4 is 17.8 Å². The molecule has 1 rings (SSSR count). The second-order valence-corrected chi connectivity index (χ2v) is 10.5. The van der Waals surface area contributed by atoms with E-state index >= 15 is 0 Å². The van der Waals surface area contributed by atoms with Gasteiger partial charge in [-0.05, 0) is 25.2 Å². The van der Waals surface area contributed by atoms with Gasteiger partial charge in [-0.15, -0.1) is 0 Å². The zero-order valence-corrected chi connectivity index (χ0v) is 22.9. The maximum atomic E-state index is 12.9. The number of carbonyl (C=O) groups excluding carboxylic acids is 3. The summed E-state index contributed by atoms with van der Waals surface area (Å²) in [5.41, 5.74) is 0. The van der Waals surface area contributed by atoms with Crippen LogP contribution in [0.15, 0.2) is 0 Å². The van der Waals surface area contributed by atoms with Gasteiger partial charge in [-0.25, -0.2) is 0 Å². The Kier molecular flexibility index (Phi) is 17.5. The average Bonchev–Trinajstić information content (AvgIpc) is 3.21. The molecule has 0 radical (unpaired) electrons. The maximum Gasteiger partial charge on any atom is 0.305 e. The van der Waals surface area contributed by atoms with Crippen LogP contribution in [0.3, 0.4) is 0 Å². The molecule has 1 fully saturated rings. The number of hydrogen-bond donors (Lipinski definition) is 2. The van der Waals surface area contributed by atoms with E-state index in [0.29, 0.717) is 25.9 Å². The second-order valence-electron chi connectivity index (χ2n) is 10.5. The lowest BCUT2D eigenvalue weighted by Gasteiger charge is -2.24. The summed E-state index contributed by atoms with van der Waals surface area (Å²) in [5, 5.41) is 5.83. The maximum absolute atomic E-state index is 12.9. The molecule has 1 aliphatic heterocycles. The van der Waals surface area contributed by atoms with Crippen molar-refractivity contribution in [3.8, 4) is 0 Å². The first-order valence-electron chi connectivity index (χ1n) is 14.2. The van der Waals surface area contributed by atoms with Crippen LogP contribution in [0.5, 0.6) is 0 Å².